The molecule has 3 rings (SSSR count). The summed E-state index contributed by atoms with van der Waals surface area (Å²) in [6.45, 7) is 4.18. The molecule has 0 aliphatic rings. The van der Waals surface area contributed by atoms with Crippen molar-refractivity contribution >= 4 is 38.6 Å². The van der Waals surface area contributed by atoms with Gasteiger partial charge in [0.1, 0.15) is 5.82 Å². The van der Waals surface area contributed by atoms with Crippen molar-refractivity contribution in [3.05, 3.63) is 40.8 Å². The summed E-state index contributed by atoms with van der Waals surface area (Å²) in [4.78, 5) is 9.99. The van der Waals surface area contributed by atoms with Gasteiger partial charge in [0.25, 0.3) is 0 Å². The maximum absolute atomic E-state index is 4.50. The molecular weight excluding hydrogens is 336 g/mol. The molecule has 0 fully saturated rings. The number of halogens is 1. The lowest BCUT2D eigenvalue weighted by Crippen LogP contribution is -1.89. The van der Waals surface area contributed by atoms with Gasteiger partial charge in [-0.2, -0.15) is 0 Å². The Kier molecular flexibility index (Phi) is 3.76. The van der Waals surface area contributed by atoms with Crippen LogP contribution in [0.3, 0.4) is 0 Å². The van der Waals surface area contributed by atoms with Crippen LogP contribution in [-0.2, 0) is 0 Å². The van der Waals surface area contributed by atoms with E-state index in [1.807, 2.05) is 24.4 Å². The maximum Gasteiger partial charge on any atom is 0.213 e. The first-order valence-electron chi connectivity index (χ1n) is 6.28. The molecule has 1 N–H and O–H groups in total. The topological polar surface area (TPSA) is 54.5 Å². The van der Waals surface area contributed by atoms with E-state index in [1.54, 1.807) is 11.8 Å². The van der Waals surface area contributed by atoms with Gasteiger partial charge in [-0.3, -0.25) is 10.1 Å². The molecule has 0 radical (unpaired) electrons. The van der Waals surface area contributed by atoms with Gasteiger partial charge in [0.15, 0.2) is 0 Å². The van der Waals surface area contributed by atoms with Gasteiger partial charge < -0.3 is 0 Å². The molecule has 2 heterocycles. The largest absolute Gasteiger partial charge is 0.262 e. The van der Waals surface area contributed by atoms with Gasteiger partial charge in [0.2, 0.25) is 5.16 Å². The van der Waals surface area contributed by atoms with Crippen LogP contribution in [-0.4, -0.2) is 20.2 Å². The minimum Gasteiger partial charge on any atom is -0.262 e. The quantitative estimate of drug-likeness (QED) is 0.762. The molecule has 3 aromatic rings. The second-order valence-corrected chi connectivity index (χ2v) is 6.66. The highest BCUT2D eigenvalue weighted by Gasteiger charge is 2.10. The first-order valence-corrected chi connectivity index (χ1v) is 7.89. The Morgan fingerprint density at radius 2 is 2.10 bits per heavy atom. The van der Waals surface area contributed by atoms with E-state index in [1.165, 1.54) is 0 Å². The van der Waals surface area contributed by atoms with Gasteiger partial charge >= 0.3 is 0 Å². The molecule has 0 saturated carbocycles. The van der Waals surface area contributed by atoms with E-state index in [0.717, 1.165) is 31.3 Å². The normalized spacial score (nSPS) is 11.4. The predicted octanol–water partition coefficient (Wildman–Crippen LogP) is 4.39. The number of aromatic amines is 1. The Morgan fingerprint density at radius 1 is 1.25 bits per heavy atom. The Labute approximate surface area is 129 Å². The average Bonchev–Trinajstić information content (AvgIpc) is 2.87. The van der Waals surface area contributed by atoms with Gasteiger partial charge in [0.05, 0.1) is 5.52 Å². The highest BCUT2D eigenvalue weighted by atomic mass is 79.9. The zero-order valence-corrected chi connectivity index (χ0v) is 13.5. The first-order chi connectivity index (χ1) is 9.63. The van der Waals surface area contributed by atoms with E-state index in [9.17, 15) is 0 Å². The van der Waals surface area contributed by atoms with Crippen molar-refractivity contribution in [2.75, 3.05) is 0 Å². The van der Waals surface area contributed by atoms with Crippen LogP contribution in [0.1, 0.15) is 25.6 Å². The number of rotatable bonds is 3. The summed E-state index contributed by atoms with van der Waals surface area (Å²) in [6.07, 6.45) is 1.81. The molecule has 4 nitrogen and oxygen atoms in total. The molecule has 0 saturated heterocycles. The van der Waals surface area contributed by atoms with Crippen LogP contribution in [0.2, 0.25) is 0 Å². The Morgan fingerprint density at radius 3 is 2.85 bits per heavy atom. The molecule has 102 valence electrons. The molecule has 0 amide bonds. The van der Waals surface area contributed by atoms with Crippen LogP contribution in [0.5, 0.6) is 0 Å². The molecule has 0 aliphatic carbocycles. The minimum atomic E-state index is 0.349. The number of nitrogens with zero attached hydrogens (tertiary/aromatic N) is 3. The smallest absolute Gasteiger partial charge is 0.213 e. The fraction of sp³-hybridized carbons (Fsp3) is 0.214. The van der Waals surface area contributed by atoms with Crippen LogP contribution in [0, 0.1) is 0 Å². The molecule has 0 unspecified atom stereocenters. The number of pyridine rings is 1. The van der Waals surface area contributed by atoms with Gasteiger partial charge in [-0.25, -0.2) is 4.98 Å². The predicted molar refractivity (Wildman–Crippen MR) is 84.0 cm³/mol. The van der Waals surface area contributed by atoms with Crippen LogP contribution >= 0.6 is 27.7 Å². The second-order valence-electron chi connectivity index (χ2n) is 4.73. The van der Waals surface area contributed by atoms with Crippen molar-refractivity contribution in [2.24, 2.45) is 0 Å². The third-order valence-electron chi connectivity index (χ3n) is 2.90. The van der Waals surface area contributed by atoms with Crippen molar-refractivity contribution in [3.63, 3.8) is 0 Å². The lowest BCUT2D eigenvalue weighted by molar-refractivity contribution is 0.780. The number of hydrogen-bond donors (Lipinski definition) is 1. The highest BCUT2D eigenvalue weighted by molar-refractivity contribution is 9.10. The van der Waals surface area contributed by atoms with Crippen molar-refractivity contribution in [1.82, 2.24) is 20.2 Å². The van der Waals surface area contributed by atoms with Crippen molar-refractivity contribution in [3.8, 4) is 0 Å². The van der Waals surface area contributed by atoms with Gasteiger partial charge in [-0.1, -0.05) is 35.8 Å². The molecule has 0 aliphatic heterocycles. The third kappa shape index (κ3) is 2.71. The molecule has 1 aromatic carbocycles. The number of fused-ring (bicyclic) bond motifs is 1. The Balaban J connectivity index is 1.97. The SMILES string of the molecule is CC(C)c1nc(Sc2ccnc3cc(Br)ccc23)n[nH]1. The van der Waals surface area contributed by atoms with E-state index in [4.69, 9.17) is 0 Å². The third-order valence-corrected chi connectivity index (χ3v) is 4.33. The van der Waals surface area contributed by atoms with Crippen LogP contribution in [0.4, 0.5) is 0 Å². The average molecular weight is 349 g/mol. The van der Waals surface area contributed by atoms with Gasteiger partial charge in [-0.05, 0) is 30.0 Å². The molecule has 2 aromatic heterocycles. The summed E-state index contributed by atoms with van der Waals surface area (Å²) in [7, 11) is 0. The molecule has 0 bridgehead atoms. The number of nitrogens with one attached hydrogen (secondary N) is 1. The summed E-state index contributed by atoms with van der Waals surface area (Å²) >= 11 is 5.02. The van der Waals surface area contributed by atoms with Gasteiger partial charge in [0, 0.05) is 26.9 Å². The zero-order valence-electron chi connectivity index (χ0n) is 11.1. The van der Waals surface area contributed by atoms with Crippen molar-refractivity contribution in [1.29, 1.82) is 0 Å². The van der Waals surface area contributed by atoms with E-state index >= 15 is 0 Å². The highest BCUT2D eigenvalue weighted by Crippen LogP contribution is 2.32. The molecule has 0 atom stereocenters. The van der Waals surface area contributed by atoms with E-state index in [-0.39, 0.29) is 0 Å². The Bertz CT molecular complexity index is 754. The number of hydrogen-bond acceptors (Lipinski definition) is 4. The molecule has 6 heteroatoms. The van der Waals surface area contributed by atoms with Crippen LogP contribution < -0.4 is 0 Å². The summed E-state index contributed by atoms with van der Waals surface area (Å²) in [5.74, 6) is 1.26. The zero-order chi connectivity index (χ0) is 14.1. The minimum absolute atomic E-state index is 0.349. The van der Waals surface area contributed by atoms with Crippen molar-refractivity contribution < 1.29 is 0 Å². The number of H-pyrrole nitrogens is 1. The molecule has 0 spiro atoms. The monoisotopic (exact) mass is 348 g/mol. The number of benzene rings is 1. The summed E-state index contributed by atoms with van der Waals surface area (Å²) in [6, 6.07) is 8.08. The molecular formula is C14H13BrN4S. The van der Waals surface area contributed by atoms with Crippen LogP contribution in [0.25, 0.3) is 10.9 Å². The summed E-state index contributed by atoms with van der Waals surface area (Å²) < 4.78 is 1.03. The number of aromatic nitrogens is 4. The van der Waals surface area contributed by atoms with E-state index < -0.39 is 0 Å². The first kappa shape index (κ1) is 13.6. The van der Waals surface area contributed by atoms with E-state index in [0.29, 0.717) is 5.92 Å². The Hall–Kier alpha value is -1.40. The maximum atomic E-state index is 4.50. The van der Waals surface area contributed by atoms with Crippen LogP contribution in [0.15, 0.2) is 45.0 Å². The summed E-state index contributed by atoms with van der Waals surface area (Å²) in [5.41, 5.74) is 0.962. The van der Waals surface area contributed by atoms with Crippen molar-refractivity contribution in [2.45, 2.75) is 29.8 Å². The van der Waals surface area contributed by atoms with E-state index in [2.05, 4.69) is 56.0 Å². The standard InChI is InChI=1S/C14H13BrN4S/c1-8(2)13-17-14(19-18-13)20-12-5-6-16-11-7-9(15)3-4-10(11)12/h3-8H,1-2H3,(H,17,18,19). The van der Waals surface area contributed by atoms with Gasteiger partial charge in [-0.15, -0.1) is 5.10 Å². The summed E-state index contributed by atoms with van der Waals surface area (Å²) in [5, 5.41) is 9.08. The lowest BCUT2D eigenvalue weighted by atomic mass is 10.2. The molecule has 20 heavy (non-hydrogen) atoms. The fourth-order valence-corrected chi connectivity index (χ4v) is 3.04. The second kappa shape index (κ2) is 5.54. The lowest BCUT2D eigenvalue weighted by Gasteiger charge is -2.03. The fourth-order valence-electron chi connectivity index (χ4n) is 1.84.